The van der Waals surface area contributed by atoms with Crippen molar-refractivity contribution < 1.29 is 48.6 Å². The molecule has 0 aromatic carbocycles. The number of hydrogen-bond donors (Lipinski definition) is 0. The zero-order valence-electron chi connectivity index (χ0n) is 5.86. The molecule has 0 rings (SSSR count). The summed E-state index contributed by atoms with van der Waals surface area (Å²) in [5.74, 6) is -7.01. The van der Waals surface area contributed by atoms with Crippen molar-refractivity contribution in [1.29, 1.82) is 0 Å². The molecule has 1 radical (unpaired) electrons. The molecule has 13 heavy (non-hydrogen) atoms. The summed E-state index contributed by atoms with van der Waals surface area (Å²) in [5, 5.41) is 0. The second-order valence-corrected chi connectivity index (χ2v) is 2.62. The zero-order chi connectivity index (χ0) is 10.6. The molecule has 0 amide bonds. The number of Topliss-reactive ketones (excluding diaryl/α,β-unsaturated/α-hetero) is 4. The molecule has 7 heteroatoms. The molecule has 0 aromatic heterocycles. The van der Waals surface area contributed by atoms with Crippen molar-refractivity contribution in [3.8, 4) is 0 Å². The summed E-state index contributed by atoms with van der Waals surface area (Å²) < 4.78 is -1.16. The topological polar surface area (TPSA) is 102 Å². The second kappa shape index (κ2) is 4.67. The van der Waals surface area contributed by atoms with E-state index >= 15 is 0 Å². The molecule has 0 atom stereocenters. The molecule has 0 aliphatic carbocycles. The van der Waals surface area contributed by atoms with E-state index in [1.807, 2.05) is 0 Å². The number of ketones is 4. The van der Waals surface area contributed by atoms with Gasteiger partial charge in [0.25, 0.3) is 0 Å². The van der Waals surface area contributed by atoms with E-state index in [0.29, 0.717) is 26.1 Å². The Morgan fingerprint density at radius 2 is 1.31 bits per heavy atom. The van der Waals surface area contributed by atoms with Crippen LogP contribution in [-0.2, 0) is 48.6 Å². The van der Waals surface area contributed by atoms with E-state index in [9.17, 15) is 28.8 Å². The average Bonchev–Trinajstić information content (AvgIpc) is 2.12. The van der Waals surface area contributed by atoms with E-state index < -0.39 is 27.3 Å². The van der Waals surface area contributed by atoms with Crippen LogP contribution in [0.3, 0.4) is 0 Å². The quantitative estimate of drug-likeness (QED) is 0.307. The minimum absolute atomic E-state index is 0.617. The molecule has 0 heterocycles. The molecular formula is C6MoO6. The monoisotopic (exact) mass is 266 g/mol. The van der Waals surface area contributed by atoms with E-state index in [-0.39, 0.29) is 0 Å². The standard InChI is InChI=1S/C6O6.Mo/c7-1-3(9)5(11)6(12)4(10)2-8;. The van der Waals surface area contributed by atoms with Crippen molar-refractivity contribution in [3.05, 3.63) is 0 Å². The van der Waals surface area contributed by atoms with Gasteiger partial charge in [0, 0.05) is 0 Å². The van der Waals surface area contributed by atoms with Crippen LogP contribution in [0.2, 0.25) is 0 Å². The van der Waals surface area contributed by atoms with Crippen molar-refractivity contribution in [2.75, 3.05) is 0 Å². The van der Waals surface area contributed by atoms with Crippen LogP contribution in [0.1, 0.15) is 0 Å². The van der Waals surface area contributed by atoms with Crippen molar-refractivity contribution in [1.82, 2.24) is 0 Å². The fourth-order valence-electron chi connectivity index (χ4n) is 0.345. The molecule has 0 aliphatic heterocycles. The van der Waals surface area contributed by atoms with Crippen molar-refractivity contribution in [2.45, 2.75) is 0 Å². The van der Waals surface area contributed by atoms with Gasteiger partial charge in [-0.15, -0.1) is 0 Å². The van der Waals surface area contributed by atoms with Gasteiger partial charge in [0.2, 0.25) is 0 Å². The van der Waals surface area contributed by atoms with Gasteiger partial charge in [-0.1, -0.05) is 0 Å². The van der Waals surface area contributed by atoms with Crippen molar-refractivity contribution >= 4 is 33.6 Å². The van der Waals surface area contributed by atoms with Gasteiger partial charge in [-0.2, -0.15) is 0 Å². The van der Waals surface area contributed by atoms with Crippen LogP contribution in [-0.4, -0.2) is 33.6 Å². The van der Waals surface area contributed by atoms with Crippen LogP contribution in [0.15, 0.2) is 0 Å². The second-order valence-electron chi connectivity index (χ2n) is 1.71. The van der Waals surface area contributed by atoms with Crippen molar-refractivity contribution in [2.24, 2.45) is 0 Å². The Morgan fingerprint density at radius 1 is 0.846 bits per heavy atom. The Bertz CT molecular complexity index is 328. The summed E-state index contributed by atoms with van der Waals surface area (Å²) >= 11 is 0.695. The van der Waals surface area contributed by atoms with E-state index in [1.54, 1.807) is 0 Å². The summed E-state index contributed by atoms with van der Waals surface area (Å²) in [5.41, 5.74) is 0. The third kappa shape index (κ3) is 2.91. The summed E-state index contributed by atoms with van der Waals surface area (Å²) in [6.07, 6.45) is 0.617. The molecule has 0 N–H and O–H groups in total. The first-order chi connectivity index (χ1) is 5.91. The van der Waals surface area contributed by atoms with E-state index in [0.717, 1.165) is 0 Å². The Labute approximate surface area is 82.6 Å². The molecule has 0 aliphatic rings. The third-order valence-electron chi connectivity index (χ3n) is 0.897. The van der Waals surface area contributed by atoms with Crippen LogP contribution in [0, 0.1) is 0 Å². The molecule has 0 spiro atoms. The van der Waals surface area contributed by atoms with Gasteiger partial charge in [0.1, 0.15) is 0 Å². The van der Waals surface area contributed by atoms with Gasteiger partial charge in [-0.3, -0.25) is 0 Å². The van der Waals surface area contributed by atoms with Crippen LogP contribution >= 0.6 is 0 Å². The normalized spacial score (nSPS) is 8.62. The van der Waals surface area contributed by atoms with Crippen LogP contribution in [0.5, 0.6) is 0 Å². The minimum atomic E-state index is -1.84. The summed E-state index contributed by atoms with van der Waals surface area (Å²) in [4.78, 5) is 61.7. The van der Waals surface area contributed by atoms with Crippen molar-refractivity contribution in [3.63, 3.8) is 0 Å². The molecule has 0 saturated heterocycles. The van der Waals surface area contributed by atoms with Crippen LogP contribution in [0.4, 0.5) is 0 Å². The summed E-state index contributed by atoms with van der Waals surface area (Å²) in [7, 11) is 0. The fourth-order valence-corrected chi connectivity index (χ4v) is 0.573. The molecule has 0 bridgehead atoms. The van der Waals surface area contributed by atoms with Gasteiger partial charge in [0.05, 0.1) is 0 Å². The van der Waals surface area contributed by atoms with E-state index in [4.69, 9.17) is 0 Å². The first kappa shape index (κ1) is 11.7. The first-order valence-electron chi connectivity index (χ1n) is 2.68. The molecular weight excluding hydrogens is 264 g/mol. The molecule has 0 unspecified atom stereocenters. The maximum absolute atomic E-state index is 10.6. The fraction of sp³-hybridized carbons (Fsp3) is 0. The predicted molar refractivity (Wildman–Crippen MR) is 30.7 cm³/mol. The van der Waals surface area contributed by atoms with Gasteiger partial charge in [-0.05, 0) is 0 Å². The average molecular weight is 264 g/mol. The molecule has 66 valence electrons. The number of carbonyl (C=O) groups excluding carboxylic acids is 6. The molecule has 0 aromatic rings. The number of hydrogen-bond acceptors (Lipinski definition) is 6. The third-order valence-corrected chi connectivity index (χ3v) is 1.35. The van der Waals surface area contributed by atoms with Gasteiger partial charge in [-0.25, -0.2) is 0 Å². The Kier molecular flexibility index (Phi) is 4.20. The van der Waals surface area contributed by atoms with Crippen LogP contribution < -0.4 is 0 Å². The van der Waals surface area contributed by atoms with Gasteiger partial charge >= 0.3 is 82.2 Å². The van der Waals surface area contributed by atoms with Crippen LogP contribution in [0.25, 0.3) is 0 Å². The number of carbonyl (C=O) groups is 5. The van der Waals surface area contributed by atoms with Gasteiger partial charge in [0.15, 0.2) is 0 Å². The summed E-state index contributed by atoms with van der Waals surface area (Å²) in [6.45, 7) is 0. The molecule has 0 fully saturated rings. The van der Waals surface area contributed by atoms with Gasteiger partial charge < -0.3 is 0 Å². The SMILES string of the molecule is O=[C]C(=O)C(=O)C(=O)C(=O)[C](=O)[Mo]. The number of rotatable bonds is 5. The Hall–Kier alpha value is -1.29. The molecule has 0 saturated carbocycles. The zero-order valence-corrected chi connectivity index (χ0v) is 7.86. The Balaban J connectivity index is 4.73. The maximum atomic E-state index is 10.6. The predicted octanol–water partition coefficient (Wildman–Crippen LogP) is -2.55. The molecule has 6 nitrogen and oxygen atoms in total. The Morgan fingerprint density at radius 3 is 1.62 bits per heavy atom. The van der Waals surface area contributed by atoms with E-state index in [1.165, 1.54) is 0 Å². The summed E-state index contributed by atoms with van der Waals surface area (Å²) in [6, 6.07) is 0. The first-order valence-corrected chi connectivity index (χ1v) is 3.68. The van der Waals surface area contributed by atoms with E-state index in [2.05, 4.69) is 0 Å².